The fraction of sp³-hybridized carbons (Fsp3) is 0.207. The number of aliphatic hydroxyl groups excluding tert-OH is 1. The van der Waals surface area contributed by atoms with Gasteiger partial charge in [0.2, 0.25) is 0 Å². The topological polar surface area (TPSA) is 89.0 Å². The van der Waals surface area contributed by atoms with E-state index in [0.29, 0.717) is 51.5 Å². The average molecular weight is 549 g/mol. The number of carbonyl (C=O) groups is 2. The lowest BCUT2D eigenvalue weighted by Crippen LogP contribution is -2.29. The van der Waals surface area contributed by atoms with Gasteiger partial charge in [0.05, 0.1) is 35.0 Å². The van der Waals surface area contributed by atoms with Crippen molar-refractivity contribution in [2.24, 2.45) is 0 Å². The molecule has 3 aromatic carbocycles. The van der Waals surface area contributed by atoms with Crippen molar-refractivity contribution in [2.75, 3.05) is 18.1 Å². The lowest BCUT2D eigenvalue weighted by Gasteiger charge is -2.23. The largest absolute Gasteiger partial charge is 0.507 e. The summed E-state index contributed by atoms with van der Waals surface area (Å²) in [5, 5.41) is 12.3. The average Bonchev–Trinajstić information content (AvgIpc) is 3.45. The molecule has 38 heavy (non-hydrogen) atoms. The van der Waals surface area contributed by atoms with Gasteiger partial charge in [0.25, 0.3) is 5.78 Å². The van der Waals surface area contributed by atoms with Crippen molar-refractivity contribution >= 4 is 55.7 Å². The molecule has 0 aliphatic carbocycles. The molecule has 1 saturated heterocycles. The predicted octanol–water partition coefficient (Wildman–Crippen LogP) is 6.76. The number of aromatic nitrogens is 1. The molecule has 1 fully saturated rings. The maximum Gasteiger partial charge on any atom is 0.301 e. The minimum absolute atomic E-state index is 0.0151. The van der Waals surface area contributed by atoms with Gasteiger partial charge in [-0.25, -0.2) is 4.98 Å². The molecule has 4 aromatic rings. The monoisotopic (exact) mass is 548 g/mol. The molecule has 0 saturated carbocycles. The van der Waals surface area contributed by atoms with Crippen LogP contribution in [0.25, 0.3) is 16.0 Å². The van der Waals surface area contributed by atoms with Gasteiger partial charge < -0.3 is 14.6 Å². The zero-order valence-corrected chi connectivity index (χ0v) is 22.4. The molecule has 1 aliphatic heterocycles. The summed E-state index contributed by atoms with van der Waals surface area (Å²) >= 11 is 7.41. The Bertz CT molecular complexity index is 1530. The van der Waals surface area contributed by atoms with E-state index in [0.717, 1.165) is 11.1 Å². The summed E-state index contributed by atoms with van der Waals surface area (Å²) in [4.78, 5) is 32.8. The SMILES string of the molecule is CCCOc1ccc(C(O)=C2C(=O)C(=O)N(c3nc4ccc(Cl)cc4s3)C2c2ccc(OCC)cc2)cc1. The molecule has 9 heteroatoms. The lowest BCUT2D eigenvalue weighted by atomic mass is 9.95. The Morgan fingerprint density at radius 3 is 2.37 bits per heavy atom. The van der Waals surface area contributed by atoms with Gasteiger partial charge >= 0.3 is 5.91 Å². The second-order valence-electron chi connectivity index (χ2n) is 8.65. The Morgan fingerprint density at radius 1 is 1.00 bits per heavy atom. The Morgan fingerprint density at radius 2 is 1.68 bits per heavy atom. The third-order valence-corrected chi connectivity index (χ3v) is 7.35. The minimum atomic E-state index is -0.891. The van der Waals surface area contributed by atoms with E-state index in [4.69, 9.17) is 21.1 Å². The lowest BCUT2D eigenvalue weighted by molar-refractivity contribution is -0.132. The third kappa shape index (κ3) is 4.85. The highest BCUT2D eigenvalue weighted by Gasteiger charge is 2.48. The van der Waals surface area contributed by atoms with E-state index in [1.807, 2.05) is 13.8 Å². The van der Waals surface area contributed by atoms with E-state index in [1.54, 1.807) is 66.7 Å². The maximum atomic E-state index is 13.4. The molecular formula is C29H25ClN2O5S. The number of hydrogen-bond donors (Lipinski definition) is 1. The third-order valence-electron chi connectivity index (χ3n) is 6.10. The van der Waals surface area contributed by atoms with E-state index in [-0.39, 0.29) is 11.3 Å². The summed E-state index contributed by atoms with van der Waals surface area (Å²) < 4.78 is 12.0. The first-order chi connectivity index (χ1) is 18.4. The van der Waals surface area contributed by atoms with E-state index < -0.39 is 17.7 Å². The number of ether oxygens (including phenoxy) is 2. The van der Waals surface area contributed by atoms with Gasteiger partial charge in [-0.1, -0.05) is 42.0 Å². The van der Waals surface area contributed by atoms with Crippen LogP contribution >= 0.6 is 22.9 Å². The van der Waals surface area contributed by atoms with Crippen LogP contribution in [0, 0.1) is 0 Å². The van der Waals surface area contributed by atoms with Crippen LogP contribution < -0.4 is 14.4 Å². The standard InChI is InChI=1S/C29H25ClN2O5S/c1-3-15-37-21-12-7-18(8-13-21)26(33)24-25(17-5-10-20(11-6-17)36-4-2)32(28(35)27(24)34)29-31-22-14-9-19(30)16-23(22)38-29/h5-14,16,25,33H,3-4,15H2,1-2H3. The number of carbonyl (C=O) groups excluding carboxylic acids is 2. The number of fused-ring (bicyclic) bond motifs is 1. The van der Waals surface area contributed by atoms with E-state index in [2.05, 4.69) is 4.98 Å². The van der Waals surface area contributed by atoms with Crippen molar-refractivity contribution in [1.29, 1.82) is 0 Å². The van der Waals surface area contributed by atoms with Gasteiger partial charge in [-0.05, 0) is 73.5 Å². The molecule has 1 aliphatic rings. The molecule has 7 nitrogen and oxygen atoms in total. The summed E-state index contributed by atoms with van der Waals surface area (Å²) in [6.45, 7) is 4.98. The van der Waals surface area contributed by atoms with Gasteiger partial charge in [-0.2, -0.15) is 0 Å². The first-order valence-corrected chi connectivity index (χ1v) is 13.4. The first-order valence-electron chi connectivity index (χ1n) is 12.2. The number of rotatable bonds is 8. The highest BCUT2D eigenvalue weighted by atomic mass is 35.5. The Labute approximate surface area is 228 Å². The van der Waals surface area contributed by atoms with Crippen molar-refractivity contribution in [2.45, 2.75) is 26.3 Å². The highest BCUT2D eigenvalue weighted by Crippen LogP contribution is 2.44. The van der Waals surface area contributed by atoms with Gasteiger partial charge in [0.1, 0.15) is 17.3 Å². The summed E-state index contributed by atoms with van der Waals surface area (Å²) in [7, 11) is 0. The normalized spacial score (nSPS) is 16.8. The van der Waals surface area contributed by atoms with E-state index in [1.165, 1.54) is 16.2 Å². The van der Waals surface area contributed by atoms with Crippen molar-refractivity contribution in [1.82, 2.24) is 4.98 Å². The number of anilines is 1. The van der Waals surface area contributed by atoms with Crippen LogP contribution in [0.15, 0.2) is 72.3 Å². The minimum Gasteiger partial charge on any atom is -0.507 e. The van der Waals surface area contributed by atoms with Gasteiger partial charge in [0, 0.05) is 10.6 Å². The van der Waals surface area contributed by atoms with Crippen molar-refractivity contribution in [3.63, 3.8) is 0 Å². The Balaban J connectivity index is 1.63. The molecule has 5 rings (SSSR count). The first kappa shape index (κ1) is 25.8. The number of benzene rings is 3. The molecule has 0 radical (unpaired) electrons. The molecule has 194 valence electrons. The number of amides is 1. The number of thiazole rings is 1. The molecule has 2 heterocycles. The van der Waals surface area contributed by atoms with Crippen molar-refractivity contribution < 1.29 is 24.2 Å². The van der Waals surface area contributed by atoms with Crippen LogP contribution in [-0.2, 0) is 9.59 Å². The predicted molar refractivity (Wildman–Crippen MR) is 149 cm³/mol. The van der Waals surface area contributed by atoms with Crippen LogP contribution in [0.5, 0.6) is 11.5 Å². The zero-order chi connectivity index (χ0) is 26.8. The summed E-state index contributed by atoms with van der Waals surface area (Å²) in [6, 6.07) is 18.3. The number of aliphatic hydroxyl groups is 1. The zero-order valence-electron chi connectivity index (χ0n) is 20.8. The van der Waals surface area contributed by atoms with E-state index >= 15 is 0 Å². The number of ketones is 1. The highest BCUT2D eigenvalue weighted by molar-refractivity contribution is 7.22. The summed E-state index contributed by atoms with van der Waals surface area (Å²) in [5.74, 6) is -0.509. The second kappa shape index (κ2) is 10.8. The van der Waals surface area contributed by atoms with Gasteiger partial charge in [-0.3, -0.25) is 14.5 Å². The molecule has 1 amide bonds. The second-order valence-corrected chi connectivity index (χ2v) is 10.1. The number of nitrogens with zero attached hydrogens (tertiary/aromatic N) is 2. The molecule has 0 bridgehead atoms. The summed E-state index contributed by atoms with van der Waals surface area (Å²) in [6.07, 6.45) is 0.866. The van der Waals surface area contributed by atoms with Crippen LogP contribution in [-0.4, -0.2) is 35.0 Å². The fourth-order valence-electron chi connectivity index (χ4n) is 4.33. The van der Waals surface area contributed by atoms with Crippen molar-refractivity contribution in [3.8, 4) is 11.5 Å². The molecule has 1 aromatic heterocycles. The Kier molecular flexibility index (Phi) is 7.35. The maximum absolute atomic E-state index is 13.4. The quantitative estimate of drug-likeness (QED) is 0.149. The van der Waals surface area contributed by atoms with Gasteiger partial charge in [-0.15, -0.1) is 0 Å². The molecule has 1 N–H and O–H groups in total. The van der Waals surface area contributed by atoms with Crippen LogP contribution in [0.3, 0.4) is 0 Å². The Hall–Kier alpha value is -3.88. The molecule has 0 spiro atoms. The van der Waals surface area contributed by atoms with Crippen LogP contribution in [0.2, 0.25) is 5.02 Å². The molecule has 1 unspecified atom stereocenters. The molecular weight excluding hydrogens is 524 g/mol. The smallest absolute Gasteiger partial charge is 0.301 e. The van der Waals surface area contributed by atoms with Crippen LogP contribution in [0.4, 0.5) is 5.13 Å². The van der Waals surface area contributed by atoms with Gasteiger partial charge in [0.15, 0.2) is 5.13 Å². The van der Waals surface area contributed by atoms with Crippen molar-refractivity contribution in [3.05, 3.63) is 88.5 Å². The summed E-state index contributed by atoms with van der Waals surface area (Å²) in [5.41, 5.74) is 1.68. The number of Topliss-reactive ketones (excluding diaryl/α,β-unsaturated/α-hetero) is 1. The molecule has 1 atom stereocenters. The van der Waals surface area contributed by atoms with E-state index in [9.17, 15) is 14.7 Å². The number of halogens is 1. The fourth-order valence-corrected chi connectivity index (χ4v) is 5.60. The van der Waals surface area contributed by atoms with Crippen LogP contribution in [0.1, 0.15) is 37.4 Å². The number of hydrogen-bond acceptors (Lipinski definition) is 7.